The lowest BCUT2D eigenvalue weighted by Crippen LogP contribution is -2.54. The zero-order valence-corrected chi connectivity index (χ0v) is 25.0. The number of nitrogens with zero attached hydrogens (tertiary/aromatic N) is 4. The summed E-state index contributed by atoms with van der Waals surface area (Å²) in [6.45, 7) is 7.16. The number of urea groups is 1. The summed E-state index contributed by atoms with van der Waals surface area (Å²) in [4.78, 5) is 59.7. The summed E-state index contributed by atoms with van der Waals surface area (Å²) in [5, 5.41) is 4.84. The molecule has 4 unspecified atom stereocenters. The molecule has 1 saturated carbocycles. The van der Waals surface area contributed by atoms with E-state index in [-0.39, 0.29) is 40.9 Å². The third-order valence-corrected chi connectivity index (χ3v) is 9.06. The second kappa shape index (κ2) is 11.6. The number of carbonyl (C=O) groups excluding carboxylic acids is 4. The van der Waals surface area contributed by atoms with Crippen LogP contribution in [0.3, 0.4) is 0 Å². The fraction of sp³-hybridized carbons (Fsp3) is 0.406. The Hall–Kier alpha value is -4.83. The lowest BCUT2D eigenvalue weighted by Gasteiger charge is -2.41. The van der Waals surface area contributed by atoms with Crippen molar-refractivity contribution in [1.82, 2.24) is 25.3 Å². The van der Waals surface area contributed by atoms with Gasteiger partial charge in [0.25, 0.3) is 11.8 Å². The van der Waals surface area contributed by atoms with Crippen molar-refractivity contribution < 1.29 is 32.7 Å². The summed E-state index contributed by atoms with van der Waals surface area (Å²) in [7, 11) is 1.31. The van der Waals surface area contributed by atoms with Gasteiger partial charge in [-0.25, -0.2) is 13.6 Å². The number of hydrogen-bond donors (Lipinski definition) is 2. The number of rotatable bonds is 6. The largest absolute Gasteiger partial charge is 0.494 e. The van der Waals surface area contributed by atoms with Crippen LogP contribution in [0.25, 0.3) is 0 Å². The molecular weight excluding hydrogens is 586 g/mol. The first kappa shape index (κ1) is 30.2. The molecule has 2 aromatic rings. The van der Waals surface area contributed by atoms with Gasteiger partial charge < -0.3 is 19.9 Å². The Morgan fingerprint density at radius 1 is 1.20 bits per heavy atom. The van der Waals surface area contributed by atoms with Crippen molar-refractivity contribution in [2.45, 2.75) is 44.4 Å². The van der Waals surface area contributed by atoms with Gasteiger partial charge in [0, 0.05) is 49.7 Å². The molecule has 3 heterocycles. The molecule has 13 heteroatoms. The number of amidine groups is 1. The highest BCUT2D eigenvalue weighted by Crippen LogP contribution is 2.48. The highest BCUT2D eigenvalue weighted by atomic mass is 19.1. The Labute approximate surface area is 258 Å². The van der Waals surface area contributed by atoms with Crippen molar-refractivity contribution in [2.75, 3.05) is 33.3 Å². The molecule has 1 aliphatic carbocycles. The van der Waals surface area contributed by atoms with E-state index in [0.29, 0.717) is 24.9 Å². The fourth-order valence-electron chi connectivity index (χ4n) is 6.61. The Morgan fingerprint density at radius 2 is 2.00 bits per heavy atom. The van der Waals surface area contributed by atoms with Gasteiger partial charge in [0.1, 0.15) is 11.7 Å². The van der Waals surface area contributed by atoms with E-state index < -0.39 is 47.0 Å². The lowest BCUT2D eigenvalue weighted by atomic mass is 9.92. The van der Waals surface area contributed by atoms with Gasteiger partial charge in [0.05, 0.1) is 18.2 Å². The van der Waals surface area contributed by atoms with E-state index in [2.05, 4.69) is 39.3 Å². The number of fused-ring (bicyclic) bond motifs is 1. The first-order chi connectivity index (χ1) is 21.6. The molecule has 6 rings (SSSR count). The molecule has 3 fully saturated rings. The highest BCUT2D eigenvalue weighted by Gasteiger charge is 2.63. The van der Waals surface area contributed by atoms with Crippen molar-refractivity contribution in [3.05, 3.63) is 64.2 Å². The Morgan fingerprint density at radius 3 is 2.64 bits per heavy atom. The average Bonchev–Trinajstić information content (AvgIpc) is 3.66. The van der Waals surface area contributed by atoms with E-state index in [4.69, 9.17) is 4.74 Å². The lowest BCUT2D eigenvalue weighted by molar-refractivity contribution is -0.122. The minimum Gasteiger partial charge on any atom is -0.494 e. The maximum atomic E-state index is 15.5. The van der Waals surface area contributed by atoms with Crippen LogP contribution < -0.4 is 15.4 Å². The zero-order valence-electron chi connectivity index (χ0n) is 25.0. The number of aliphatic imine (C=N–C) groups is 1. The summed E-state index contributed by atoms with van der Waals surface area (Å²) in [6.07, 6.45) is 0.732. The van der Waals surface area contributed by atoms with Gasteiger partial charge in [-0.3, -0.25) is 24.6 Å². The molecule has 0 spiro atoms. The fourth-order valence-corrected chi connectivity index (χ4v) is 6.61. The van der Waals surface area contributed by atoms with E-state index in [9.17, 15) is 23.6 Å². The van der Waals surface area contributed by atoms with Crippen LogP contribution >= 0.6 is 0 Å². The minimum absolute atomic E-state index is 0.000840. The number of piperazine rings is 1. The molecule has 0 aromatic heterocycles. The molecule has 234 valence electrons. The van der Waals surface area contributed by atoms with Crippen molar-refractivity contribution in [3.63, 3.8) is 0 Å². The van der Waals surface area contributed by atoms with E-state index in [1.165, 1.54) is 30.2 Å². The second-order valence-electron chi connectivity index (χ2n) is 11.6. The number of imide groups is 1. The number of carbonyl (C=O) groups is 4. The molecule has 2 aromatic carbocycles. The van der Waals surface area contributed by atoms with Gasteiger partial charge in [-0.2, -0.15) is 4.99 Å². The predicted octanol–water partition coefficient (Wildman–Crippen LogP) is 1.88. The van der Waals surface area contributed by atoms with Crippen LogP contribution in [0.5, 0.6) is 5.75 Å². The summed E-state index contributed by atoms with van der Waals surface area (Å²) in [6, 6.07) is 6.09. The third kappa shape index (κ3) is 5.18. The minimum atomic E-state index is -1.68. The monoisotopic (exact) mass is 618 g/mol. The van der Waals surface area contributed by atoms with Crippen LogP contribution in [0.15, 0.2) is 35.3 Å². The average molecular weight is 619 g/mol. The zero-order chi connectivity index (χ0) is 32.0. The van der Waals surface area contributed by atoms with Crippen LogP contribution in [0.4, 0.5) is 13.6 Å². The van der Waals surface area contributed by atoms with Crippen LogP contribution in [0.1, 0.15) is 47.3 Å². The third-order valence-electron chi connectivity index (χ3n) is 9.06. The van der Waals surface area contributed by atoms with Gasteiger partial charge in [0.15, 0.2) is 17.1 Å². The standard InChI is InChI=1S/C32H32F2N6O5/c1-4-38-11-12-39(18(2)15-38)28(35-17-41)21-7-5-19(13-23(21)33)9-10-32(30(43)36-31(44)37-32)22-14-24(22)40-16-20-6-8-25(45-3)27(34)26(20)29(40)42/h5-8,13,17-18,22,24H,4,11-12,14-16H2,1-3H3,(H2,36,37,43,44). The summed E-state index contributed by atoms with van der Waals surface area (Å²) in [5.41, 5.74) is -0.881. The number of nitrogens with one attached hydrogen (secondary N) is 2. The second-order valence-corrected chi connectivity index (χ2v) is 11.6. The molecule has 4 atom stereocenters. The molecular formula is C32H32F2N6O5. The number of amides is 5. The van der Waals surface area contributed by atoms with Gasteiger partial charge in [-0.05, 0) is 49.7 Å². The van der Waals surface area contributed by atoms with Crippen molar-refractivity contribution in [2.24, 2.45) is 10.9 Å². The van der Waals surface area contributed by atoms with Crippen molar-refractivity contribution in [1.29, 1.82) is 0 Å². The molecule has 2 N–H and O–H groups in total. The molecule has 45 heavy (non-hydrogen) atoms. The van der Waals surface area contributed by atoms with Crippen LogP contribution in [0.2, 0.25) is 0 Å². The van der Waals surface area contributed by atoms with E-state index >= 15 is 4.39 Å². The molecule has 0 bridgehead atoms. The number of methoxy groups -OCH3 is 1. The van der Waals surface area contributed by atoms with E-state index in [0.717, 1.165) is 19.6 Å². The number of ether oxygens (including phenoxy) is 1. The van der Waals surface area contributed by atoms with Crippen LogP contribution in [-0.4, -0.2) is 95.7 Å². The number of likely N-dealkylation sites (N-methyl/N-ethyl adjacent to an activating group) is 1. The smallest absolute Gasteiger partial charge is 0.323 e. The maximum Gasteiger partial charge on any atom is 0.323 e. The van der Waals surface area contributed by atoms with Crippen LogP contribution in [0, 0.1) is 29.4 Å². The first-order valence-electron chi connectivity index (χ1n) is 14.7. The number of halogens is 2. The molecule has 4 aliphatic rings. The van der Waals surface area contributed by atoms with Gasteiger partial charge in [-0.1, -0.05) is 24.8 Å². The summed E-state index contributed by atoms with van der Waals surface area (Å²) >= 11 is 0. The normalized spacial score (nSPS) is 26.2. The summed E-state index contributed by atoms with van der Waals surface area (Å²) in [5.74, 6) is 2.69. The quantitative estimate of drug-likeness (QED) is 0.167. The SMILES string of the molecule is CCN1CCN(C(=NC=O)c2ccc(C#CC3(C4CC4N4Cc5ccc(OC)c(F)c5C4=O)NC(=O)NC3=O)cc2F)C(C)C1. The van der Waals surface area contributed by atoms with Gasteiger partial charge in [-0.15, -0.1) is 0 Å². The first-order valence-corrected chi connectivity index (χ1v) is 14.7. The van der Waals surface area contributed by atoms with Gasteiger partial charge in [0.2, 0.25) is 6.41 Å². The van der Waals surface area contributed by atoms with Crippen LogP contribution in [-0.2, 0) is 16.1 Å². The van der Waals surface area contributed by atoms with E-state index in [1.54, 1.807) is 12.1 Å². The number of hydrogen-bond acceptors (Lipinski definition) is 6. The maximum absolute atomic E-state index is 15.5. The highest BCUT2D eigenvalue weighted by molar-refractivity contribution is 6.10. The van der Waals surface area contributed by atoms with Crippen molar-refractivity contribution in [3.8, 4) is 17.6 Å². The molecule has 3 aliphatic heterocycles. The molecule has 11 nitrogen and oxygen atoms in total. The number of benzene rings is 2. The molecule has 0 radical (unpaired) electrons. The van der Waals surface area contributed by atoms with Gasteiger partial charge >= 0.3 is 6.03 Å². The van der Waals surface area contributed by atoms with Crippen molar-refractivity contribution >= 4 is 30.1 Å². The topological polar surface area (TPSA) is 124 Å². The van der Waals surface area contributed by atoms with E-state index in [1.807, 2.05) is 11.8 Å². The molecule has 5 amide bonds. The Kier molecular flexibility index (Phi) is 7.78. The predicted molar refractivity (Wildman–Crippen MR) is 158 cm³/mol. The summed E-state index contributed by atoms with van der Waals surface area (Å²) < 4.78 is 35.5. The Bertz CT molecular complexity index is 1700. The molecule has 2 saturated heterocycles. The Balaban J connectivity index is 1.25.